The summed E-state index contributed by atoms with van der Waals surface area (Å²) in [4.78, 5) is 13.3. The van der Waals surface area contributed by atoms with Crippen LogP contribution < -0.4 is 5.32 Å². The Bertz CT molecular complexity index is 1040. The molecule has 1 atom stereocenters. The number of nitrogens with one attached hydrogen (secondary N) is 1. The third kappa shape index (κ3) is 3.07. The van der Waals surface area contributed by atoms with Gasteiger partial charge in [0.25, 0.3) is 0 Å². The number of phenols is 1. The van der Waals surface area contributed by atoms with Crippen molar-refractivity contribution < 1.29 is 5.11 Å². The van der Waals surface area contributed by atoms with Gasteiger partial charge in [-0.25, -0.2) is 9.97 Å². The minimum absolute atomic E-state index is 0.158. The van der Waals surface area contributed by atoms with Crippen LogP contribution in [0.3, 0.4) is 0 Å². The van der Waals surface area contributed by atoms with E-state index in [1.165, 1.54) is 0 Å². The van der Waals surface area contributed by atoms with E-state index in [0.29, 0.717) is 16.9 Å². The van der Waals surface area contributed by atoms with Crippen LogP contribution >= 0.6 is 0 Å². The Morgan fingerprint density at radius 3 is 2.38 bits per heavy atom. The van der Waals surface area contributed by atoms with Crippen LogP contribution in [0.1, 0.15) is 23.0 Å². The van der Waals surface area contributed by atoms with Crippen molar-refractivity contribution in [3.63, 3.8) is 0 Å². The zero-order valence-corrected chi connectivity index (χ0v) is 14.3. The van der Waals surface area contributed by atoms with Crippen LogP contribution in [-0.2, 0) is 0 Å². The van der Waals surface area contributed by atoms with Gasteiger partial charge in [-0.1, -0.05) is 30.3 Å². The largest absolute Gasteiger partial charge is 0.505 e. The van der Waals surface area contributed by atoms with Gasteiger partial charge in [0.15, 0.2) is 0 Å². The molecule has 0 spiro atoms. The van der Waals surface area contributed by atoms with Gasteiger partial charge in [0.1, 0.15) is 17.1 Å². The summed E-state index contributed by atoms with van der Waals surface area (Å²) in [6.07, 6.45) is 3.46. The molecule has 0 radical (unpaired) electrons. The number of anilines is 1. The Morgan fingerprint density at radius 2 is 1.65 bits per heavy atom. The summed E-state index contributed by atoms with van der Waals surface area (Å²) in [5, 5.41) is 15.2. The molecule has 5 heteroatoms. The van der Waals surface area contributed by atoms with Crippen molar-refractivity contribution in [1.82, 2.24) is 15.0 Å². The monoisotopic (exact) mass is 342 g/mol. The number of aromatic hydroxyl groups is 1. The summed E-state index contributed by atoms with van der Waals surface area (Å²) >= 11 is 0. The van der Waals surface area contributed by atoms with Crippen molar-refractivity contribution in [2.24, 2.45) is 0 Å². The Balaban J connectivity index is 1.86. The van der Waals surface area contributed by atoms with Gasteiger partial charge in [-0.15, -0.1) is 0 Å². The number of aryl methyl sites for hydroxylation is 1. The molecule has 2 N–H and O–H groups in total. The van der Waals surface area contributed by atoms with Crippen LogP contribution in [0, 0.1) is 6.92 Å². The molecule has 3 aromatic heterocycles. The lowest BCUT2D eigenvalue weighted by Gasteiger charge is -2.21. The number of nitrogens with zero attached hydrogens (tertiary/aromatic N) is 3. The third-order valence-electron chi connectivity index (χ3n) is 4.26. The first-order valence-corrected chi connectivity index (χ1v) is 8.40. The second kappa shape index (κ2) is 6.80. The molecule has 5 nitrogen and oxygen atoms in total. The molecule has 0 bridgehead atoms. The van der Waals surface area contributed by atoms with E-state index in [1.807, 2.05) is 67.6 Å². The average Bonchev–Trinajstić information content (AvgIpc) is 2.69. The number of pyridine rings is 3. The lowest BCUT2D eigenvalue weighted by Crippen LogP contribution is -2.15. The van der Waals surface area contributed by atoms with Crippen LogP contribution in [0.5, 0.6) is 5.75 Å². The molecule has 3 heterocycles. The second-order valence-corrected chi connectivity index (χ2v) is 6.07. The van der Waals surface area contributed by atoms with E-state index < -0.39 is 0 Å². The van der Waals surface area contributed by atoms with Crippen molar-refractivity contribution in [3.05, 3.63) is 90.0 Å². The van der Waals surface area contributed by atoms with Crippen molar-refractivity contribution in [2.75, 3.05) is 5.32 Å². The van der Waals surface area contributed by atoms with Crippen LogP contribution in [0.25, 0.3) is 10.9 Å². The molecule has 1 aromatic carbocycles. The van der Waals surface area contributed by atoms with Crippen LogP contribution in [-0.4, -0.2) is 20.1 Å². The molecule has 0 unspecified atom stereocenters. The average molecular weight is 342 g/mol. The van der Waals surface area contributed by atoms with Crippen molar-refractivity contribution >= 4 is 16.7 Å². The molecule has 0 amide bonds. The predicted molar refractivity (Wildman–Crippen MR) is 102 cm³/mol. The van der Waals surface area contributed by atoms with Crippen LogP contribution in [0.15, 0.2) is 73.1 Å². The van der Waals surface area contributed by atoms with Gasteiger partial charge in [0.2, 0.25) is 0 Å². The first-order chi connectivity index (χ1) is 12.7. The fraction of sp³-hybridized carbons (Fsp3) is 0.0952. The van der Waals surface area contributed by atoms with E-state index in [4.69, 9.17) is 0 Å². The van der Waals surface area contributed by atoms with E-state index in [1.54, 1.807) is 12.4 Å². The molecule has 0 aliphatic rings. The lowest BCUT2D eigenvalue weighted by molar-refractivity contribution is 0.471. The predicted octanol–water partition coefficient (Wildman–Crippen LogP) is 4.24. The number of hydrogen-bond acceptors (Lipinski definition) is 5. The van der Waals surface area contributed by atoms with Gasteiger partial charge in [-0.3, -0.25) is 4.98 Å². The number of hydrogen-bond donors (Lipinski definition) is 2. The molecular formula is C21H18N4O. The highest BCUT2D eigenvalue weighted by Gasteiger charge is 2.21. The smallest absolute Gasteiger partial charge is 0.147 e. The van der Waals surface area contributed by atoms with Gasteiger partial charge < -0.3 is 10.4 Å². The van der Waals surface area contributed by atoms with Crippen molar-refractivity contribution in [1.29, 1.82) is 0 Å². The van der Waals surface area contributed by atoms with Crippen molar-refractivity contribution in [3.8, 4) is 5.75 Å². The van der Waals surface area contributed by atoms with Crippen molar-refractivity contribution in [2.45, 2.75) is 13.0 Å². The van der Waals surface area contributed by atoms with Crippen LogP contribution in [0.2, 0.25) is 0 Å². The first-order valence-electron chi connectivity index (χ1n) is 8.40. The lowest BCUT2D eigenvalue weighted by atomic mass is 9.99. The molecule has 4 aromatic rings. The molecule has 0 aliphatic carbocycles. The second-order valence-electron chi connectivity index (χ2n) is 6.07. The molecule has 0 saturated carbocycles. The highest BCUT2D eigenvalue weighted by Crippen LogP contribution is 2.35. The van der Waals surface area contributed by atoms with Gasteiger partial charge in [0, 0.05) is 29.0 Å². The number of phenolic OH excluding ortho intramolecular Hbond substituents is 1. The topological polar surface area (TPSA) is 70.9 Å². The number of aromatic nitrogens is 3. The summed E-state index contributed by atoms with van der Waals surface area (Å²) < 4.78 is 0. The first kappa shape index (κ1) is 16.0. The van der Waals surface area contributed by atoms with Gasteiger partial charge in [-0.05, 0) is 37.3 Å². The summed E-state index contributed by atoms with van der Waals surface area (Å²) in [5.41, 5.74) is 2.95. The fourth-order valence-corrected chi connectivity index (χ4v) is 2.97. The Kier molecular flexibility index (Phi) is 4.19. The Hall–Kier alpha value is -3.47. The van der Waals surface area contributed by atoms with E-state index in [2.05, 4.69) is 20.3 Å². The summed E-state index contributed by atoms with van der Waals surface area (Å²) in [6, 6.07) is 18.8. The number of rotatable bonds is 4. The highest BCUT2D eigenvalue weighted by molar-refractivity contribution is 5.86. The maximum absolute atomic E-state index is 10.9. The Morgan fingerprint density at radius 1 is 0.885 bits per heavy atom. The molecule has 4 rings (SSSR count). The van der Waals surface area contributed by atoms with E-state index in [-0.39, 0.29) is 11.8 Å². The Labute approximate surface area is 151 Å². The van der Waals surface area contributed by atoms with E-state index >= 15 is 0 Å². The molecule has 128 valence electrons. The molecular weight excluding hydrogens is 324 g/mol. The number of fused-ring (bicyclic) bond motifs is 1. The maximum Gasteiger partial charge on any atom is 0.147 e. The fourth-order valence-electron chi connectivity index (χ4n) is 2.97. The molecule has 0 fully saturated rings. The van der Waals surface area contributed by atoms with Gasteiger partial charge in [0.05, 0.1) is 11.7 Å². The van der Waals surface area contributed by atoms with Gasteiger partial charge >= 0.3 is 0 Å². The standard InChI is InChI=1S/C21H18N4O/c1-14-8-9-15-10-11-16(21(26)19(15)24-14)20(17-6-2-4-12-22-17)25-18-7-3-5-13-23-18/h2-13,20,26H,1H3,(H,23,25)/t20-/m0/s1. The maximum atomic E-state index is 10.9. The zero-order valence-electron chi connectivity index (χ0n) is 14.3. The highest BCUT2D eigenvalue weighted by atomic mass is 16.3. The zero-order chi connectivity index (χ0) is 17.9. The minimum atomic E-state index is -0.349. The molecule has 0 saturated heterocycles. The quantitative estimate of drug-likeness (QED) is 0.580. The van der Waals surface area contributed by atoms with Crippen LogP contribution in [0.4, 0.5) is 5.82 Å². The summed E-state index contributed by atoms with van der Waals surface area (Å²) in [6.45, 7) is 1.91. The minimum Gasteiger partial charge on any atom is -0.505 e. The normalized spacial score (nSPS) is 12.0. The molecule has 26 heavy (non-hydrogen) atoms. The van der Waals surface area contributed by atoms with E-state index in [0.717, 1.165) is 16.8 Å². The summed E-state index contributed by atoms with van der Waals surface area (Å²) in [5.74, 6) is 0.866. The third-order valence-corrected chi connectivity index (χ3v) is 4.26. The number of benzene rings is 1. The molecule has 0 aliphatic heterocycles. The SMILES string of the molecule is Cc1ccc2ccc([C@H](Nc3ccccn3)c3ccccn3)c(O)c2n1. The van der Waals surface area contributed by atoms with Gasteiger partial charge in [-0.2, -0.15) is 0 Å². The van der Waals surface area contributed by atoms with E-state index in [9.17, 15) is 5.11 Å². The summed E-state index contributed by atoms with van der Waals surface area (Å²) in [7, 11) is 0.